The molecule has 1 aliphatic heterocycles. The van der Waals surface area contributed by atoms with Crippen molar-refractivity contribution in [2.45, 2.75) is 13.3 Å². The van der Waals surface area contributed by atoms with E-state index >= 15 is 0 Å². The molecule has 1 rings (SSSR count). The van der Waals surface area contributed by atoms with Crippen LogP contribution in [0, 0.1) is 0 Å². The van der Waals surface area contributed by atoms with Crippen LogP contribution in [-0.2, 0) is 4.74 Å². The van der Waals surface area contributed by atoms with E-state index in [1.165, 1.54) is 5.57 Å². The minimum Gasteiger partial charge on any atom is -0.472 e. The van der Waals surface area contributed by atoms with Gasteiger partial charge in [-0.2, -0.15) is 0 Å². The number of ether oxygens (including phenoxy) is 1. The monoisotopic (exact) mass is 214 g/mol. The van der Waals surface area contributed by atoms with E-state index in [4.69, 9.17) is 21.9 Å². The topological polar surface area (TPSA) is 70.0 Å². The highest BCUT2D eigenvalue weighted by atomic mass is 35.5. The number of hydrogen-bond donors (Lipinski definition) is 1. The Morgan fingerprint density at radius 2 is 2.57 bits per heavy atom. The van der Waals surface area contributed by atoms with Crippen molar-refractivity contribution in [2.24, 2.45) is 5.11 Å². The Balaban J connectivity index is 2.60. The lowest BCUT2D eigenvalue weighted by Crippen LogP contribution is -2.22. The van der Waals surface area contributed by atoms with Crippen molar-refractivity contribution >= 4 is 11.6 Å². The van der Waals surface area contributed by atoms with E-state index in [0.717, 1.165) is 13.0 Å². The summed E-state index contributed by atoms with van der Waals surface area (Å²) in [6.07, 6.45) is 2.82. The maximum atomic E-state index is 8.04. The first-order chi connectivity index (χ1) is 6.77. The second-order valence-corrected chi connectivity index (χ2v) is 3.10. The van der Waals surface area contributed by atoms with E-state index in [9.17, 15) is 0 Å². The zero-order valence-corrected chi connectivity index (χ0v) is 8.58. The fourth-order valence-electron chi connectivity index (χ4n) is 1.04. The quantitative estimate of drug-likeness (QED) is 0.444. The second-order valence-electron chi connectivity index (χ2n) is 2.69. The third kappa shape index (κ3) is 2.87. The minimum absolute atomic E-state index is 0.0512. The van der Waals surface area contributed by atoms with Gasteiger partial charge in [0.15, 0.2) is 6.73 Å². The standard InChI is InChI=1S/C8H11ClN4O/c1-2-6-3-7(9)8(11-4-6)14-5-12-13-10/h3,11H,2,4-5H2,1H3. The van der Waals surface area contributed by atoms with Gasteiger partial charge in [-0.1, -0.05) is 23.6 Å². The van der Waals surface area contributed by atoms with Gasteiger partial charge in [0.25, 0.3) is 0 Å². The van der Waals surface area contributed by atoms with E-state index in [1.54, 1.807) is 0 Å². The molecule has 0 spiro atoms. The lowest BCUT2D eigenvalue weighted by Gasteiger charge is -2.18. The molecule has 14 heavy (non-hydrogen) atoms. The molecule has 0 radical (unpaired) electrons. The molecule has 0 atom stereocenters. The smallest absolute Gasteiger partial charge is 0.206 e. The summed E-state index contributed by atoms with van der Waals surface area (Å²) < 4.78 is 5.10. The maximum Gasteiger partial charge on any atom is 0.206 e. The van der Waals surface area contributed by atoms with Crippen molar-refractivity contribution < 1.29 is 4.74 Å². The molecule has 1 N–H and O–H groups in total. The van der Waals surface area contributed by atoms with Gasteiger partial charge in [0, 0.05) is 11.5 Å². The summed E-state index contributed by atoms with van der Waals surface area (Å²) >= 11 is 5.92. The summed E-state index contributed by atoms with van der Waals surface area (Å²) in [6.45, 7) is 2.73. The Kier molecular flexibility index (Phi) is 4.16. The molecule has 0 fully saturated rings. The van der Waals surface area contributed by atoms with E-state index in [-0.39, 0.29) is 6.73 Å². The van der Waals surface area contributed by atoms with E-state index in [2.05, 4.69) is 22.3 Å². The normalized spacial score (nSPS) is 15.4. The molecule has 0 unspecified atom stereocenters. The molecule has 0 amide bonds. The number of nitrogens with one attached hydrogen (secondary N) is 1. The first kappa shape index (κ1) is 10.8. The van der Waals surface area contributed by atoms with Gasteiger partial charge in [0.1, 0.15) is 5.03 Å². The highest BCUT2D eigenvalue weighted by Gasteiger charge is 2.10. The highest BCUT2D eigenvalue weighted by molar-refractivity contribution is 6.31. The van der Waals surface area contributed by atoms with Crippen molar-refractivity contribution in [1.29, 1.82) is 0 Å². The number of allylic oxidation sites excluding steroid dienone is 2. The average molecular weight is 215 g/mol. The summed E-state index contributed by atoms with van der Waals surface area (Å²) in [7, 11) is 0. The molecule has 0 aromatic heterocycles. The molecule has 76 valence electrons. The SMILES string of the molecule is CCC1=CC(Cl)=C(OCN=[N+]=[N-])NC1. The van der Waals surface area contributed by atoms with Crippen LogP contribution in [0.2, 0.25) is 0 Å². The van der Waals surface area contributed by atoms with Crippen molar-refractivity contribution in [3.8, 4) is 0 Å². The van der Waals surface area contributed by atoms with Crippen LogP contribution in [0.15, 0.2) is 27.7 Å². The first-order valence-corrected chi connectivity index (χ1v) is 4.62. The fraction of sp³-hybridized carbons (Fsp3) is 0.500. The van der Waals surface area contributed by atoms with Gasteiger partial charge in [0.2, 0.25) is 5.88 Å². The molecule has 0 saturated carbocycles. The summed E-state index contributed by atoms with van der Waals surface area (Å²) in [5, 5.41) is 6.76. The van der Waals surface area contributed by atoms with Crippen molar-refractivity contribution in [3.05, 3.63) is 33.0 Å². The number of azide groups is 1. The third-order valence-electron chi connectivity index (χ3n) is 1.81. The Morgan fingerprint density at radius 1 is 1.79 bits per heavy atom. The number of hydrogen-bond acceptors (Lipinski definition) is 3. The zero-order chi connectivity index (χ0) is 10.4. The van der Waals surface area contributed by atoms with E-state index < -0.39 is 0 Å². The zero-order valence-electron chi connectivity index (χ0n) is 7.83. The molecular formula is C8H11ClN4O. The van der Waals surface area contributed by atoms with Gasteiger partial charge in [0.05, 0.1) is 0 Å². The second kappa shape index (κ2) is 5.42. The van der Waals surface area contributed by atoms with Crippen molar-refractivity contribution in [2.75, 3.05) is 13.3 Å². The molecule has 5 nitrogen and oxygen atoms in total. The van der Waals surface area contributed by atoms with Crippen LogP contribution in [0.5, 0.6) is 0 Å². The summed E-state index contributed by atoms with van der Waals surface area (Å²) in [4.78, 5) is 2.57. The molecule has 0 saturated heterocycles. The van der Waals surface area contributed by atoms with Crippen LogP contribution in [0.3, 0.4) is 0 Å². The van der Waals surface area contributed by atoms with Gasteiger partial charge in [-0.15, -0.1) is 0 Å². The first-order valence-electron chi connectivity index (χ1n) is 4.24. The van der Waals surface area contributed by atoms with Gasteiger partial charge < -0.3 is 10.1 Å². The van der Waals surface area contributed by atoms with E-state index in [1.807, 2.05) is 6.08 Å². The van der Waals surface area contributed by atoms with Gasteiger partial charge in [-0.3, -0.25) is 0 Å². The molecule has 0 aromatic carbocycles. The average Bonchev–Trinajstić information content (AvgIpc) is 2.20. The van der Waals surface area contributed by atoms with Crippen LogP contribution in [0.25, 0.3) is 10.4 Å². The largest absolute Gasteiger partial charge is 0.472 e. The lowest BCUT2D eigenvalue weighted by atomic mass is 10.1. The molecular weight excluding hydrogens is 204 g/mol. The van der Waals surface area contributed by atoms with Crippen LogP contribution in [0.4, 0.5) is 0 Å². The number of rotatable bonds is 4. The molecule has 0 aliphatic carbocycles. The Hall–Kier alpha value is -1.32. The molecule has 0 aromatic rings. The van der Waals surface area contributed by atoms with Crippen LogP contribution in [-0.4, -0.2) is 13.3 Å². The number of nitrogens with zero attached hydrogens (tertiary/aromatic N) is 3. The van der Waals surface area contributed by atoms with Gasteiger partial charge in [-0.05, 0) is 23.6 Å². The van der Waals surface area contributed by atoms with Crippen LogP contribution >= 0.6 is 11.6 Å². The Bertz CT molecular complexity index is 317. The van der Waals surface area contributed by atoms with Crippen molar-refractivity contribution in [1.82, 2.24) is 5.32 Å². The summed E-state index contributed by atoms with van der Waals surface area (Å²) in [6, 6.07) is 0. The molecule has 6 heteroatoms. The Labute approximate surface area is 87.0 Å². The minimum atomic E-state index is -0.0512. The number of halogens is 1. The predicted molar refractivity (Wildman–Crippen MR) is 54.4 cm³/mol. The Morgan fingerprint density at radius 3 is 3.14 bits per heavy atom. The molecule has 0 bridgehead atoms. The summed E-state index contributed by atoms with van der Waals surface area (Å²) in [5.41, 5.74) is 9.25. The summed E-state index contributed by atoms with van der Waals surface area (Å²) in [5.74, 6) is 0.469. The van der Waals surface area contributed by atoms with E-state index in [0.29, 0.717) is 10.9 Å². The highest BCUT2D eigenvalue weighted by Crippen LogP contribution is 2.18. The third-order valence-corrected chi connectivity index (χ3v) is 2.09. The van der Waals surface area contributed by atoms with Crippen LogP contribution in [0.1, 0.15) is 13.3 Å². The predicted octanol–water partition coefficient (Wildman–Crippen LogP) is 2.62. The molecule has 1 aliphatic rings. The lowest BCUT2D eigenvalue weighted by molar-refractivity contribution is 0.198. The maximum absolute atomic E-state index is 8.04. The van der Waals surface area contributed by atoms with Crippen molar-refractivity contribution in [3.63, 3.8) is 0 Å². The van der Waals surface area contributed by atoms with Crippen LogP contribution < -0.4 is 5.32 Å². The van der Waals surface area contributed by atoms with Gasteiger partial charge in [-0.25, -0.2) is 0 Å². The number of dihydropyridines is 1. The van der Waals surface area contributed by atoms with Gasteiger partial charge >= 0.3 is 0 Å². The molecule has 1 heterocycles. The fourth-order valence-corrected chi connectivity index (χ4v) is 1.32.